The molecule has 1 aliphatic heterocycles. The quantitative estimate of drug-likeness (QED) is 0.595. The lowest BCUT2D eigenvalue weighted by Crippen LogP contribution is -2.33. The van der Waals surface area contributed by atoms with E-state index in [0.717, 1.165) is 19.3 Å². The maximum absolute atomic E-state index is 11.4. The Kier molecular flexibility index (Phi) is 4.67. The third-order valence-corrected chi connectivity index (χ3v) is 3.39. The molecule has 1 fully saturated rings. The van der Waals surface area contributed by atoms with E-state index in [1.807, 2.05) is 6.92 Å². The molecule has 1 unspecified atom stereocenters. The summed E-state index contributed by atoms with van der Waals surface area (Å²) >= 11 is 0. The molecule has 0 saturated carbocycles. The van der Waals surface area contributed by atoms with Crippen LogP contribution in [0.3, 0.4) is 0 Å². The van der Waals surface area contributed by atoms with Crippen LogP contribution in [0.4, 0.5) is 17.3 Å². The number of anilines is 2. The number of aliphatic hydroxyl groups excluding tert-OH is 1. The minimum absolute atomic E-state index is 0.0289. The van der Waals surface area contributed by atoms with Crippen molar-refractivity contribution in [2.24, 2.45) is 0 Å². The normalized spacial score (nSPS) is 18.3. The summed E-state index contributed by atoms with van der Waals surface area (Å²) in [5, 5.41) is 23.7. The fourth-order valence-corrected chi connectivity index (χ4v) is 2.42. The highest BCUT2D eigenvalue weighted by atomic mass is 16.6. The van der Waals surface area contributed by atoms with Gasteiger partial charge in [-0.15, -0.1) is 0 Å². The lowest BCUT2D eigenvalue weighted by atomic mass is 10.2. The predicted octanol–water partition coefficient (Wildman–Crippen LogP) is 1.17. The number of rotatable bonds is 6. The van der Waals surface area contributed by atoms with Gasteiger partial charge in [-0.25, -0.2) is 9.97 Å². The molecule has 0 bridgehead atoms. The SMILES string of the molecule is CCCNc1ncnc(N2CCCC2CO)c1[N+](=O)[O-]. The molecule has 2 heterocycles. The van der Waals surface area contributed by atoms with Crippen LogP contribution < -0.4 is 10.2 Å². The Balaban J connectivity index is 2.38. The number of hydrogen-bond donors (Lipinski definition) is 2. The third-order valence-electron chi connectivity index (χ3n) is 3.39. The van der Waals surface area contributed by atoms with E-state index in [4.69, 9.17) is 0 Å². The summed E-state index contributed by atoms with van der Waals surface area (Å²) in [4.78, 5) is 20.7. The van der Waals surface area contributed by atoms with Gasteiger partial charge in [-0.2, -0.15) is 0 Å². The Morgan fingerprint density at radius 1 is 1.60 bits per heavy atom. The van der Waals surface area contributed by atoms with Crippen LogP contribution >= 0.6 is 0 Å². The molecular formula is C12H19N5O3. The number of nitrogens with zero attached hydrogens (tertiary/aromatic N) is 4. The van der Waals surface area contributed by atoms with Gasteiger partial charge in [0, 0.05) is 13.1 Å². The van der Waals surface area contributed by atoms with Crippen molar-refractivity contribution >= 4 is 17.3 Å². The van der Waals surface area contributed by atoms with Crippen LogP contribution in [-0.4, -0.2) is 45.7 Å². The summed E-state index contributed by atoms with van der Waals surface area (Å²) in [7, 11) is 0. The Morgan fingerprint density at radius 3 is 3.05 bits per heavy atom. The molecule has 2 N–H and O–H groups in total. The molecule has 1 saturated heterocycles. The maximum atomic E-state index is 11.4. The van der Waals surface area contributed by atoms with Gasteiger partial charge < -0.3 is 15.3 Å². The molecule has 20 heavy (non-hydrogen) atoms. The fourth-order valence-electron chi connectivity index (χ4n) is 2.42. The lowest BCUT2D eigenvalue weighted by molar-refractivity contribution is -0.383. The van der Waals surface area contributed by atoms with E-state index in [1.165, 1.54) is 6.33 Å². The maximum Gasteiger partial charge on any atom is 0.353 e. The highest BCUT2D eigenvalue weighted by Crippen LogP contribution is 2.35. The van der Waals surface area contributed by atoms with Gasteiger partial charge in [-0.3, -0.25) is 10.1 Å². The molecule has 2 rings (SSSR count). The van der Waals surface area contributed by atoms with E-state index >= 15 is 0 Å². The van der Waals surface area contributed by atoms with Crippen molar-refractivity contribution in [3.63, 3.8) is 0 Å². The average molecular weight is 281 g/mol. The third kappa shape index (κ3) is 2.79. The van der Waals surface area contributed by atoms with Crippen LogP contribution in [0.15, 0.2) is 6.33 Å². The van der Waals surface area contributed by atoms with Gasteiger partial charge in [0.2, 0.25) is 11.6 Å². The van der Waals surface area contributed by atoms with Crippen molar-refractivity contribution in [1.29, 1.82) is 0 Å². The number of nitrogens with one attached hydrogen (secondary N) is 1. The fraction of sp³-hybridized carbons (Fsp3) is 0.667. The summed E-state index contributed by atoms with van der Waals surface area (Å²) < 4.78 is 0. The van der Waals surface area contributed by atoms with Crippen molar-refractivity contribution in [3.05, 3.63) is 16.4 Å². The van der Waals surface area contributed by atoms with Gasteiger partial charge in [0.15, 0.2) is 0 Å². The van der Waals surface area contributed by atoms with Gasteiger partial charge in [0.05, 0.1) is 17.6 Å². The molecule has 0 spiro atoms. The summed E-state index contributed by atoms with van der Waals surface area (Å²) in [5.41, 5.74) is -0.110. The zero-order chi connectivity index (χ0) is 14.5. The van der Waals surface area contributed by atoms with E-state index in [9.17, 15) is 15.2 Å². The first-order chi connectivity index (χ1) is 9.69. The zero-order valence-corrected chi connectivity index (χ0v) is 11.4. The van der Waals surface area contributed by atoms with Crippen LogP contribution in [0.1, 0.15) is 26.2 Å². The number of hydrogen-bond acceptors (Lipinski definition) is 7. The minimum atomic E-state index is -0.458. The summed E-state index contributed by atoms with van der Waals surface area (Å²) in [6, 6.07) is -0.109. The standard InChI is InChI=1S/C12H19N5O3/c1-2-5-13-11-10(17(19)20)12(15-8-14-11)16-6-3-4-9(16)7-18/h8-9,18H,2-7H2,1H3,(H,13,14,15). The molecular weight excluding hydrogens is 262 g/mol. The number of nitro groups is 1. The first kappa shape index (κ1) is 14.4. The predicted molar refractivity (Wildman–Crippen MR) is 74.9 cm³/mol. The van der Waals surface area contributed by atoms with E-state index in [2.05, 4.69) is 15.3 Å². The molecule has 8 nitrogen and oxygen atoms in total. The van der Waals surface area contributed by atoms with Crippen molar-refractivity contribution in [1.82, 2.24) is 9.97 Å². The molecule has 0 aromatic carbocycles. The second kappa shape index (κ2) is 6.47. The van der Waals surface area contributed by atoms with E-state index in [1.54, 1.807) is 4.90 Å². The molecule has 0 aliphatic carbocycles. The zero-order valence-electron chi connectivity index (χ0n) is 11.4. The molecule has 110 valence electrons. The van der Waals surface area contributed by atoms with E-state index in [0.29, 0.717) is 18.9 Å². The molecule has 1 aliphatic rings. The Morgan fingerprint density at radius 2 is 2.40 bits per heavy atom. The van der Waals surface area contributed by atoms with E-state index < -0.39 is 4.92 Å². The van der Waals surface area contributed by atoms with Crippen molar-refractivity contribution in [2.75, 3.05) is 29.9 Å². The molecule has 1 aromatic heterocycles. The highest BCUT2D eigenvalue weighted by molar-refractivity contribution is 5.70. The lowest BCUT2D eigenvalue weighted by Gasteiger charge is -2.23. The summed E-state index contributed by atoms with van der Waals surface area (Å²) in [6.07, 6.45) is 3.88. The van der Waals surface area contributed by atoms with Gasteiger partial charge in [0.25, 0.3) is 0 Å². The van der Waals surface area contributed by atoms with Crippen molar-refractivity contribution in [2.45, 2.75) is 32.2 Å². The average Bonchev–Trinajstić information content (AvgIpc) is 2.92. The van der Waals surface area contributed by atoms with Crippen LogP contribution in [-0.2, 0) is 0 Å². The summed E-state index contributed by atoms with van der Waals surface area (Å²) in [5.74, 6) is 0.533. The Labute approximate surface area is 117 Å². The second-order valence-corrected chi connectivity index (χ2v) is 4.75. The second-order valence-electron chi connectivity index (χ2n) is 4.75. The molecule has 1 aromatic rings. The number of aliphatic hydroxyl groups is 1. The van der Waals surface area contributed by atoms with Gasteiger partial charge in [-0.1, -0.05) is 6.92 Å². The van der Waals surface area contributed by atoms with Crippen LogP contribution in [0, 0.1) is 10.1 Å². The first-order valence-electron chi connectivity index (χ1n) is 6.79. The van der Waals surface area contributed by atoms with Crippen LogP contribution in [0.2, 0.25) is 0 Å². The van der Waals surface area contributed by atoms with Gasteiger partial charge in [-0.05, 0) is 19.3 Å². The Bertz CT molecular complexity index is 482. The topological polar surface area (TPSA) is 104 Å². The Hall–Kier alpha value is -1.96. The molecule has 0 amide bonds. The van der Waals surface area contributed by atoms with Gasteiger partial charge in [0.1, 0.15) is 6.33 Å². The van der Waals surface area contributed by atoms with E-state index in [-0.39, 0.29) is 24.2 Å². The van der Waals surface area contributed by atoms with Gasteiger partial charge >= 0.3 is 5.69 Å². The van der Waals surface area contributed by atoms with Crippen molar-refractivity contribution in [3.8, 4) is 0 Å². The molecule has 1 atom stereocenters. The van der Waals surface area contributed by atoms with Crippen LogP contribution in [0.25, 0.3) is 0 Å². The first-order valence-corrected chi connectivity index (χ1v) is 6.79. The largest absolute Gasteiger partial charge is 0.394 e. The van der Waals surface area contributed by atoms with Crippen LogP contribution in [0.5, 0.6) is 0 Å². The minimum Gasteiger partial charge on any atom is -0.394 e. The smallest absolute Gasteiger partial charge is 0.353 e. The van der Waals surface area contributed by atoms with Crippen molar-refractivity contribution < 1.29 is 10.0 Å². The molecule has 0 radical (unpaired) electrons. The highest BCUT2D eigenvalue weighted by Gasteiger charge is 2.33. The molecule has 8 heteroatoms. The number of aromatic nitrogens is 2. The monoisotopic (exact) mass is 281 g/mol. The summed E-state index contributed by atoms with van der Waals surface area (Å²) in [6.45, 7) is 3.22.